The molecule has 18 heteroatoms. The number of aromatic nitrogens is 2. The molecule has 2 aromatic heterocycles. The first-order valence-electron chi connectivity index (χ1n) is 21.4. The number of carbonyl (C=O) groups excluding carboxylic acids is 4. The third-order valence-electron chi connectivity index (χ3n) is 13.0. The number of sulfonamides is 1. The molecule has 2 aromatic carbocycles. The van der Waals surface area contributed by atoms with E-state index in [1.807, 2.05) is 12.2 Å². The molecule has 0 bridgehead atoms. The molecule has 1 saturated heterocycles. The van der Waals surface area contributed by atoms with Crippen molar-refractivity contribution in [2.24, 2.45) is 5.92 Å². The first-order valence-corrected chi connectivity index (χ1v) is 22.9. The molecule has 5 atom stereocenters. The van der Waals surface area contributed by atoms with Crippen LogP contribution < -0.4 is 20.1 Å². The van der Waals surface area contributed by atoms with Crippen molar-refractivity contribution in [1.29, 1.82) is 0 Å². The standard InChI is InChI=1S/C44H48F2N6O9S/c1-43(19-20-43)62(57,58)51-41(55)44-23-26(44)9-5-3-2-4-6-12-32(47-42(56)60-29-10-7-8-11-29)40(54)52-24-30(22-33(52)38(53)50-44)59-39-36-35(31-21-28(46)17-18-34(31)61-36)48-37(49-39)25-13-15-27(45)16-14-25/h5,9,13-18,21,26,29-30,32-33H,2-4,6-8,10-12,19-20,22-24H2,1H3,(H,47,56)(H,50,53)(H,51,55)/t26-,30-,32+,33+,44-/m1/s1. The topological polar surface area (TPSA) is 199 Å². The zero-order valence-corrected chi connectivity index (χ0v) is 35.0. The summed E-state index contributed by atoms with van der Waals surface area (Å²) < 4.78 is 74.5. The molecule has 3 aliphatic carbocycles. The molecule has 3 saturated carbocycles. The first kappa shape index (κ1) is 41.7. The first-order chi connectivity index (χ1) is 29.7. The van der Waals surface area contributed by atoms with E-state index in [-0.39, 0.29) is 60.3 Å². The number of nitrogens with zero attached hydrogens (tertiary/aromatic N) is 3. The summed E-state index contributed by atoms with van der Waals surface area (Å²) in [6.45, 7) is 1.39. The summed E-state index contributed by atoms with van der Waals surface area (Å²) in [5, 5.41) is 5.97. The molecule has 15 nitrogen and oxygen atoms in total. The van der Waals surface area contributed by atoms with E-state index in [0.29, 0.717) is 43.1 Å². The second-order valence-corrected chi connectivity index (χ2v) is 19.7. The van der Waals surface area contributed by atoms with Gasteiger partial charge < -0.3 is 29.4 Å². The molecule has 3 N–H and O–H groups in total. The zero-order chi connectivity index (χ0) is 43.4. The molecule has 2 aliphatic heterocycles. The van der Waals surface area contributed by atoms with Gasteiger partial charge in [-0.3, -0.25) is 19.1 Å². The fourth-order valence-electron chi connectivity index (χ4n) is 8.84. The summed E-state index contributed by atoms with van der Waals surface area (Å²) in [5.41, 5.74) is -0.607. The van der Waals surface area contributed by atoms with Crippen molar-refractivity contribution in [3.05, 3.63) is 66.3 Å². The molecule has 4 amide bonds. The monoisotopic (exact) mass is 874 g/mol. The van der Waals surface area contributed by atoms with E-state index < -0.39 is 79.9 Å². The predicted octanol–water partition coefficient (Wildman–Crippen LogP) is 6.10. The molecule has 0 radical (unpaired) electrons. The highest BCUT2D eigenvalue weighted by atomic mass is 32.2. The molecule has 5 aliphatic rings. The van der Waals surface area contributed by atoms with Crippen molar-refractivity contribution in [3.8, 4) is 17.3 Å². The van der Waals surface area contributed by atoms with Crippen LogP contribution in [0.3, 0.4) is 0 Å². The van der Waals surface area contributed by atoms with Gasteiger partial charge in [0.2, 0.25) is 27.4 Å². The van der Waals surface area contributed by atoms with Gasteiger partial charge >= 0.3 is 6.09 Å². The molecule has 4 aromatic rings. The van der Waals surface area contributed by atoms with Gasteiger partial charge in [0.05, 0.1) is 11.3 Å². The maximum Gasteiger partial charge on any atom is 0.408 e. The number of hydrogen-bond donors (Lipinski definition) is 3. The van der Waals surface area contributed by atoms with Gasteiger partial charge in [-0.1, -0.05) is 25.0 Å². The summed E-state index contributed by atoms with van der Waals surface area (Å²) >= 11 is 0. The van der Waals surface area contributed by atoms with Crippen molar-refractivity contribution >= 4 is 55.9 Å². The number of halogens is 2. The number of rotatable bonds is 8. The van der Waals surface area contributed by atoms with Gasteiger partial charge in [0, 0.05) is 23.3 Å². The quantitative estimate of drug-likeness (QED) is 0.173. The Bertz CT molecular complexity index is 2580. The Labute approximate surface area is 356 Å². The fourth-order valence-corrected chi connectivity index (χ4v) is 10.1. The van der Waals surface area contributed by atoms with Crippen molar-refractivity contribution in [3.63, 3.8) is 0 Å². The Kier molecular flexibility index (Phi) is 10.9. The number of benzene rings is 2. The molecule has 328 valence electrons. The van der Waals surface area contributed by atoms with E-state index in [4.69, 9.17) is 13.9 Å². The van der Waals surface area contributed by atoms with E-state index in [2.05, 4.69) is 25.3 Å². The lowest BCUT2D eigenvalue weighted by Crippen LogP contribution is -2.58. The Hall–Kier alpha value is -5.65. The smallest absolute Gasteiger partial charge is 0.408 e. The van der Waals surface area contributed by atoms with E-state index in [1.54, 1.807) is 6.92 Å². The van der Waals surface area contributed by atoms with Crippen molar-refractivity contribution in [2.75, 3.05) is 6.54 Å². The summed E-state index contributed by atoms with van der Waals surface area (Å²) in [4.78, 5) is 67.2. The van der Waals surface area contributed by atoms with Crippen molar-refractivity contribution in [1.82, 2.24) is 30.2 Å². The number of amides is 4. The number of fused-ring (bicyclic) bond motifs is 5. The lowest BCUT2D eigenvalue weighted by molar-refractivity contribution is -0.141. The van der Waals surface area contributed by atoms with Crippen LogP contribution in [0.5, 0.6) is 5.88 Å². The van der Waals surface area contributed by atoms with Gasteiger partial charge in [0.1, 0.15) is 52.6 Å². The number of ether oxygens (including phenoxy) is 2. The minimum Gasteiger partial charge on any atom is -0.470 e. The highest BCUT2D eigenvalue weighted by Crippen LogP contribution is 2.48. The number of furan rings is 1. The van der Waals surface area contributed by atoms with Gasteiger partial charge in [0.25, 0.3) is 11.8 Å². The normalized spacial score (nSPS) is 26.5. The van der Waals surface area contributed by atoms with Crippen LogP contribution in [0.1, 0.15) is 90.4 Å². The van der Waals surface area contributed by atoms with Gasteiger partial charge in [-0.15, -0.1) is 0 Å². The number of hydrogen-bond acceptors (Lipinski definition) is 11. The largest absolute Gasteiger partial charge is 0.470 e. The Morgan fingerprint density at radius 1 is 0.952 bits per heavy atom. The van der Waals surface area contributed by atoms with Crippen LogP contribution in [0.25, 0.3) is 33.5 Å². The molecular weight excluding hydrogens is 827 g/mol. The number of carbonyl (C=O) groups is 4. The van der Waals surface area contributed by atoms with E-state index in [0.717, 1.165) is 32.1 Å². The van der Waals surface area contributed by atoms with Crippen LogP contribution in [0.4, 0.5) is 13.6 Å². The summed E-state index contributed by atoms with van der Waals surface area (Å²) in [5.74, 6) is -3.63. The maximum atomic E-state index is 14.8. The number of alkyl carbamates (subject to hydrolysis) is 1. The number of allylic oxidation sites excluding steroid dienone is 1. The van der Waals surface area contributed by atoms with Gasteiger partial charge in [-0.05, 0) is 114 Å². The Balaban J connectivity index is 1.06. The summed E-state index contributed by atoms with van der Waals surface area (Å²) in [7, 11) is -4.06. The third-order valence-corrected chi connectivity index (χ3v) is 15.1. The SMILES string of the molecule is CC1(S(=O)(=O)NC(=O)[C@@]23C[C@H]2C=CCCCCC[C@H](NC(=O)OC2CCCC2)C(=O)N2C[C@H](Oc4nc(-c5ccc(F)cc5)nc5c4oc4ccc(F)cc45)C[C@H]2C(=O)N3)CC1. The molecule has 62 heavy (non-hydrogen) atoms. The van der Waals surface area contributed by atoms with Crippen molar-refractivity contribution < 1.29 is 50.3 Å². The zero-order valence-electron chi connectivity index (χ0n) is 34.2. The maximum absolute atomic E-state index is 14.8. The van der Waals surface area contributed by atoms with Crippen LogP contribution in [0.2, 0.25) is 0 Å². The molecule has 9 rings (SSSR count). The van der Waals surface area contributed by atoms with Crippen molar-refractivity contribution in [2.45, 2.75) is 125 Å². The van der Waals surface area contributed by atoms with Gasteiger partial charge in [-0.2, -0.15) is 4.98 Å². The average molecular weight is 875 g/mol. The van der Waals surface area contributed by atoms with Crippen LogP contribution in [0, 0.1) is 17.6 Å². The minimum absolute atomic E-state index is 0.0692. The fraction of sp³-hybridized carbons (Fsp3) is 0.500. The molecule has 4 fully saturated rings. The second kappa shape index (κ2) is 16.2. The average Bonchev–Trinajstić information content (AvgIpc) is 3.91. The molecule has 4 heterocycles. The predicted molar refractivity (Wildman–Crippen MR) is 221 cm³/mol. The highest BCUT2D eigenvalue weighted by molar-refractivity contribution is 7.91. The summed E-state index contributed by atoms with van der Waals surface area (Å²) in [6, 6.07) is 7.05. The Morgan fingerprint density at radius 2 is 1.69 bits per heavy atom. The van der Waals surface area contributed by atoms with E-state index >= 15 is 0 Å². The van der Waals surface area contributed by atoms with Gasteiger partial charge in [-0.25, -0.2) is 27.0 Å². The van der Waals surface area contributed by atoms with Crippen LogP contribution in [-0.2, 0) is 29.1 Å². The van der Waals surface area contributed by atoms with Gasteiger partial charge in [0.15, 0.2) is 5.82 Å². The van der Waals surface area contributed by atoms with Crippen LogP contribution >= 0.6 is 0 Å². The molecular formula is C44H48F2N6O9S. The second-order valence-electron chi connectivity index (χ2n) is 17.5. The van der Waals surface area contributed by atoms with Crippen LogP contribution in [-0.4, -0.2) is 88.2 Å². The number of nitrogens with one attached hydrogen (secondary N) is 3. The van der Waals surface area contributed by atoms with E-state index in [9.17, 15) is 36.4 Å². The molecule has 0 unspecified atom stereocenters. The third kappa shape index (κ3) is 8.20. The minimum atomic E-state index is -4.06. The van der Waals surface area contributed by atoms with E-state index in [1.165, 1.54) is 47.4 Å². The Morgan fingerprint density at radius 3 is 2.45 bits per heavy atom. The lowest BCUT2D eigenvalue weighted by Gasteiger charge is -2.30. The summed E-state index contributed by atoms with van der Waals surface area (Å²) in [6.07, 6.45) is 8.91. The highest BCUT2D eigenvalue weighted by Gasteiger charge is 2.63. The lowest BCUT2D eigenvalue weighted by atomic mass is 10.0. The van der Waals surface area contributed by atoms with Crippen LogP contribution in [0.15, 0.2) is 59.0 Å². The molecule has 0 spiro atoms.